The van der Waals surface area contributed by atoms with Crippen molar-refractivity contribution in [1.29, 1.82) is 0 Å². The Morgan fingerprint density at radius 3 is 2.64 bits per heavy atom. The number of nitrogens with zero attached hydrogens (tertiary/aromatic N) is 3. The average Bonchev–Trinajstić information content (AvgIpc) is 3.26. The molecule has 188 valence electrons. The molecule has 0 bridgehead atoms. The fourth-order valence-electron chi connectivity index (χ4n) is 3.95. The summed E-state index contributed by atoms with van der Waals surface area (Å²) in [5.41, 5.74) is 2.42. The summed E-state index contributed by atoms with van der Waals surface area (Å²) in [7, 11) is 0. The van der Waals surface area contributed by atoms with Crippen molar-refractivity contribution in [1.82, 2.24) is 14.8 Å². The third-order valence-electron chi connectivity index (χ3n) is 5.63. The van der Waals surface area contributed by atoms with Gasteiger partial charge in [0.15, 0.2) is 5.82 Å². The van der Waals surface area contributed by atoms with Gasteiger partial charge in [-0.25, -0.2) is 9.48 Å². The molecule has 0 spiro atoms. The number of aromatic nitrogens is 3. The van der Waals surface area contributed by atoms with E-state index in [2.05, 4.69) is 20.7 Å². The Labute approximate surface area is 218 Å². The first-order chi connectivity index (χ1) is 17.3. The van der Waals surface area contributed by atoms with E-state index in [4.69, 9.17) is 27.9 Å². The number of rotatable bonds is 8. The molecule has 36 heavy (non-hydrogen) atoms. The number of hydrogen-bond acceptors (Lipinski definition) is 7. The second-order valence-electron chi connectivity index (χ2n) is 8.08. The van der Waals surface area contributed by atoms with Gasteiger partial charge in [-0.3, -0.25) is 4.79 Å². The molecule has 2 aromatic carbocycles. The van der Waals surface area contributed by atoms with E-state index in [0.717, 1.165) is 0 Å². The second-order valence-corrected chi connectivity index (χ2v) is 8.87. The lowest BCUT2D eigenvalue weighted by Crippen LogP contribution is -2.31. The molecule has 0 fully saturated rings. The van der Waals surface area contributed by atoms with E-state index in [0.29, 0.717) is 62.7 Å². The van der Waals surface area contributed by atoms with Gasteiger partial charge in [-0.15, -0.1) is 0 Å². The summed E-state index contributed by atoms with van der Waals surface area (Å²) >= 11 is 12.9. The molecule has 11 heteroatoms. The van der Waals surface area contributed by atoms with Gasteiger partial charge in [0.2, 0.25) is 5.95 Å². The number of aryl methyl sites for hydroxylation is 1. The smallest absolute Gasteiger partial charge is 0.338 e. The molecular weight excluding hydrogens is 505 g/mol. The van der Waals surface area contributed by atoms with Crippen LogP contribution in [0.2, 0.25) is 10.0 Å². The zero-order valence-electron chi connectivity index (χ0n) is 19.7. The number of aliphatic hydroxyl groups excluding tert-OH is 1. The molecule has 2 heterocycles. The van der Waals surface area contributed by atoms with Crippen molar-refractivity contribution >= 4 is 46.7 Å². The maximum absolute atomic E-state index is 13.6. The third kappa shape index (κ3) is 5.23. The van der Waals surface area contributed by atoms with Crippen LogP contribution in [-0.2, 0) is 16.0 Å². The van der Waals surface area contributed by atoms with E-state index < -0.39 is 12.0 Å². The monoisotopic (exact) mass is 529 g/mol. The topological polar surface area (TPSA) is 118 Å². The summed E-state index contributed by atoms with van der Waals surface area (Å²) < 4.78 is 6.61. The van der Waals surface area contributed by atoms with E-state index in [9.17, 15) is 14.7 Å². The molecule has 4 rings (SSSR count). The van der Waals surface area contributed by atoms with Crippen molar-refractivity contribution in [3.8, 4) is 0 Å². The van der Waals surface area contributed by atoms with Gasteiger partial charge >= 0.3 is 5.97 Å². The van der Waals surface area contributed by atoms with Crippen LogP contribution in [0.3, 0.4) is 0 Å². The molecule has 1 aromatic heterocycles. The fraction of sp³-hybridized carbons (Fsp3) is 0.280. The highest BCUT2D eigenvalue weighted by molar-refractivity contribution is 6.42. The molecule has 1 unspecified atom stereocenters. The normalized spacial score (nSPS) is 14.8. The van der Waals surface area contributed by atoms with Crippen LogP contribution in [0.5, 0.6) is 0 Å². The lowest BCUT2D eigenvalue weighted by atomic mass is 9.95. The quantitative estimate of drug-likeness (QED) is 0.364. The minimum atomic E-state index is -0.707. The maximum Gasteiger partial charge on any atom is 0.338 e. The van der Waals surface area contributed by atoms with Crippen molar-refractivity contribution in [2.45, 2.75) is 32.7 Å². The predicted molar refractivity (Wildman–Crippen MR) is 137 cm³/mol. The second kappa shape index (κ2) is 11.1. The molecule has 9 nitrogen and oxygen atoms in total. The minimum absolute atomic E-state index is 0.0146. The van der Waals surface area contributed by atoms with Crippen LogP contribution in [0.1, 0.15) is 48.1 Å². The Kier molecular flexibility index (Phi) is 7.93. The summed E-state index contributed by atoms with van der Waals surface area (Å²) in [6, 6.07) is 10.9. The van der Waals surface area contributed by atoms with Crippen molar-refractivity contribution in [2.75, 3.05) is 23.8 Å². The number of hydrogen-bond donors (Lipinski definition) is 3. The van der Waals surface area contributed by atoms with Gasteiger partial charge in [0.05, 0.1) is 27.8 Å². The van der Waals surface area contributed by atoms with Crippen LogP contribution in [0.15, 0.2) is 53.7 Å². The van der Waals surface area contributed by atoms with Crippen molar-refractivity contribution in [3.63, 3.8) is 0 Å². The highest BCUT2D eigenvalue weighted by atomic mass is 35.5. The predicted octanol–water partition coefficient (Wildman–Crippen LogP) is 4.61. The Balaban J connectivity index is 1.70. The van der Waals surface area contributed by atoms with Crippen LogP contribution < -0.4 is 10.6 Å². The molecule has 1 aliphatic heterocycles. The molecular formula is C25H25Cl2N5O4. The van der Waals surface area contributed by atoms with Crippen molar-refractivity contribution in [2.24, 2.45) is 0 Å². The molecule has 1 atom stereocenters. The standard InChI is InChI=1S/C25H25Cl2N5O4/c1-3-36-24(35)15-9-11-16(12-10-15)29-23(34)20-14(2)28-25-30-19(8-5-13-33)31-32(25)22(20)17-6-4-7-18(26)21(17)27/h4,6-7,9-12,22,33H,3,5,8,13H2,1-2H3,(H,29,34)(H,28,30,31). The van der Waals surface area contributed by atoms with Crippen molar-refractivity contribution < 1.29 is 19.4 Å². The number of esters is 1. The molecule has 0 saturated carbocycles. The van der Waals surface area contributed by atoms with Crippen molar-refractivity contribution in [3.05, 3.63) is 80.7 Å². The minimum Gasteiger partial charge on any atom is -0.462 e. The van der Waals surface area contributed by atoms with Gasteiger partial charge in [0, 0.05) is 30.0 Å². The number of fused-ring (bicyclic) bond motifs is 1. The molecule has 0 aliphatic carbocycles. The SMILES string of the molecule is CCOC(=O)c1ccc(NC(=O)C2=C(C)Nc3nc(CCCO)nn3C2c2cccc(Cl)c2Cl)cc1. The van der Waals surface area contributed by atoms with E-state index in [1.54, 1.807) is 61.0 Å². The molecule has 1 aliphatic rings. The van der Waals surface area contributed by atoms with Gasteiger partial charge in [-0.1, -0.05) is 35.3 Å². The number of amides is 1. The van der Waals surface area contributed by atoms with E-state index in [-0.39, 0.29) is 19.1 Å². The van der Waals surface area contributed by atoms with Crippen LogP contribution in [0, 0.1) is 0 Å². The van der Waals surface area contributed by atoms with E-state index in [1.165, 1.54) is 0 Å². The summed E-state index contributed by atoms with van der Waals surface area (Å²) in [5.74, 6) is 0.162. The highest BCUT2D eigenvalue weighted by Crippen LogP contribution is 2.40. The number of carbonyl (C=O) groups excluding carboxylic acids is 2. The first-order valence-corrected chi connectivity index (χ1v) is 12.2. The maximum atomic E-state index is 13.6. The summed E-state index contributed by atoms with van der Waals surface area (Å²) in [6.07, 6.45) is 0.981. The van der Waals surface area contributed by atoms with Crippen LogP contribution in [0.25, 0.3) is 0 Å². The van der Waals surface area contributed by atoms with E-state index >= 15 is 0 Å². The summed E-state index contributed by atoms with van der Waals surface area (Å²) in [6.45, 7) is 3.80. The summed E-state index contributed by atoms with van der Waals surface area (Å²) in [5, 5.41) is 20.5. The van der Waals surface area contributed by atoms with Gasteiger partial charge in [0.1, 0.15) is 6.04 Å². The molecule has 3 N–H and O–H groups in total. The average molecular weight is 530 g/mol. The zero-order chi connectivity index (χ0) is 25.8. The number of benzene rings is 2. The third-order valence-corrected chi connectivity index (χ3v) is 6.46. The molecule has 1 amide bonds. The number of carbonyl (C=O) groups is 2. The fourth-order valence-corrected chi connectivity index (χ4v) is 4.37. The Morgan fingerprint density at radius 2 is 1.94 bits per heavy atom. The number of halogens is 2. The number of nitrogens with one attached hydrogen (secondary N) is 2. The van der Waals surface area contributed by atoms with Gasteiger partial charge in [-0.2, -0.15) is 10.1 Å². The Morgan fingerprint density at radius 1 is 1.19 bits per heavy atom. The Hall–Kier alpha value is -3.40. The lowest BCUT2D eigenvalue weighted by molar-refractivity contribution is -0.113. The molecule has 3 aromatic rings. The first kappa shape index (κ1) is 25.7. The zero-order valence-corrected chi connectivity index (χ0v) is 21.2. The summed E-state index contributed by atoms with van der Waals surface area (Å²) in [4.78, 5) is 30.1. The highest BCUT2D eigenvalue weighted by Gasteiger charge is 2.35. The lowest BCUT2D eigenvalue weighted by Gasteiger charge is -2.29. The van der Waals surface area contributed by atoms with Crippen LogP contribution >= 0.6 is 23.2 Å². The van der Waals surface area contributed by atoms with E-state index in [1.807, 2.05) is 0 Å². The van der Waals surface area contributed by atoms with Crippen LogP contribution in [-0.4, -0.2) is 45.0 Å². The Bertz CT molecular complexity index is 1320. The van der Waals surface area contributed by atoms with Gasteiger partial charge in [0.25, 0.3) is 5.91 Å². The van der Waals surface area contributed by atoms with Crippen LogP contribution in [0.4, 0.5) is 11.6 Å². The number of ether oxygens (including phenoxy) is 1. The van der Waals surface area contributed by atoms with Gasteiger partial charge in [-0.05, 0) is 50.6 Å². The first-order valence-electron chi connectivity index (χ1n) is 11.4. The molecule has 0 saturated heterocycles. The number of aliphatic hydroxyl groups is 1. The largest absolute Gasteiger partial charge is 0.462 e. The number of anilines is 2. The van der Waals surface area contributed by atoms with Gasteiger partial charge < -0.3 is 20.5 Å². The number of allylic oxidation sites excluding steroid dienone is 1. The molecule has 0 radical (unpaired) electrons.